The SMILES string of the molecule is Cc1nc(N2CCN(C(=O)c3ccc(Cl)cc3)CC2)cc(-n2ccnc2)n1. The Balaban J connectivity index is 1.46. The predicted molar refractivity (Wildman–Crippen MR) is 103 cm³/mol. The highest BCUT2D eigenvalue weighted by atomic mass is 35.5. The van der Waals surface area contributed by atoms with Gasteiger partial charge >= 0.3 is 0 Å². The zero-order valence-corrected chi connectivity index (χ0v) is 15.7. The van der Waals surface area contributed by atoms with Crippen LogP contribution >= 0.6 is 11.6 Å². The molecule has 3 aromatic rings. The first kappa shape index (κ1) is 17.5. The first-order chi connectivity index (χ1) is 13.1. The summed E-state index contributed by atoms with van der Waals surface area (Å²) in [6.07, 6.45) is 5.29. The lowest BCUT2D eigenvalue weighted by Gasteiger charge is -2.35. The van der Waals surface area contributed by atoms with E-state index in [0.717, 1.165) is 24.7 Å². The normalized spacial score (nSPS) is 14.4. The molecule has 0 unspecified atom stereocenters. The van der Waals surface area contributed by atoms with E-state index in [1.54, 1.807) is 36.8 Å². The monoisotopic (exact) mass is 382 g/mol. The minimum atomic E-state index is 0.0317. The maximum Gasteiger partial charge on any atom is 0.253 e. The number of halogens is 1. The highest BCUT2D eigenvalue weighted by Crippen LogP contribution is 2.19. The van der Waals surface area contributed by atoms with Crippen molar-refractivity contribution in [1.82, 2.24) is 24.4 Å². The number of carbonyl (C=O) groups is 1. The third-order valence-electron chi connectivity index (χ3n) is 4.56. The van der Waals surface area contributed by atoms with Crippen LogP contribution in [0.3, 0.4) is 0 Å². The molecule has 27 heavy (non-hydrogen) atoms. The van der Waals surface area contributed by atoms with E-state index < -0.39 is 0 Å². The molecule has 0 N–H and O–H groups in total. The maximum absolute atomic E-state index is 12.6. The van der Waals surface area contributed by atoms with Crippen molar-refractivity contribution in [3.8, 4) is 5.82 Å². The van der Waals surface area contributed by atoms with Gasteiger partial charge in [-0.3, -0.25) is 9.36 Å². The summed E-state index contributed by atoms with van der Waals surface area (Å²) >= 11 is 5.90. The molecule has 1 amide bonds. The number of hydrogen-bond acceptors (Lipinski definition) is 5. The molecule has 0 spiro atoms. The summed E-state index contributed by atoms with van der Waals surface area (Å²) in [7, 11) is 0. The topological polar surface area (TPSA) is 67.2 Å². The number of amides is 1. The molecule has 2 aromatic heterocycles. The second kappa shape index (κ2) is 7.36. The molecular weight excluding hydrogens is 364 g/mol. The molecule has 1 fully saturated rings. The Kier molecular flexibility index (Phi) is 4.77. The summed E-state index contributed by atoms with van der Waals surface area (Å²) in [5, 5.41) is 0.629. The van der Waals surface area contributed by atoms with E-state index in [-0.39, 0.29) is 5.91 Å². The number of nitrogens with zero attached hydrogens (tertiary/aromatic N) is 6. The van der Waals surface area contributed by atoms with Crippen LogP contribution in [0.25, 0.3) is 5.82 Å². The molecule has 3 heterocycles. The summed E-state index contributed by atoms with van der Waals surface area (Å²) in [4.78, 5) is 29.8. The second-order valence-corrected chi connectivity index (χ2v) is 6.82. The highest BCUT2D eigenvalue weighted by molar-refractivity contribution is 6.30. The Bertz CT molecular complexity index is 933. The van der Waals surface area contributed by atoms with Gasteiger partial charge in [-0.2, -0.15) is 0 Å². The summed E-state index contributed by atoms with van der Waals surface area (Å²) < 4.78 is 1.86. The van der Waals surface area contributed by atoms with Crippen molar-refractivity contribution in [3.63, 3.8) is 0 Å². The number of carbonyl (C=O) groups excluding carboxylic acids is 1. The Hall–Kier alpha value is -2.93. The summed E-state index contributed by atoms with van der Waals surface area (Å²) in [5.41, 5.74) is 0.660. The molecule has 0 atom stereocenters. The second-order valence-electron chi connectivity index (χ2n) is 6.39. The standard InChI is InChI=1S/C19H19ClN6O/c1-14-22-17(12-18(23-14)26-7-6-21-13-26)24-8-10-25(11-9-24)19(27)15-2-4-16(20)5-3-15/h2-7,12-13H,8-11H2,1H3. The number of imidazole rings is 1. The smallest absolute Gasteiger partial charge is 0.253 e. The Morgan fingerprint density at radius 2 is 1.74 bits per heavy atom. The zero-order chi connectivity index (χ0) is 18.8. The van der Waals surface area contributed by atoms with E-state index >= 15 is 0 Å². The molecule has 0 bridgehead atoms. The quantitative estimate of drug-likeness (QED) is 0.696. The average molecular weight is 383 g/mol. The van der Waals surface area contributed by atoms with E-state index in [1.807, 2.05) is 28.7 Å². The average Bonchev–Trinajstić information content (AvgIpc) is 3.23. The fourth-order valence-electron chi connectivity index (χ4n) is 3.14. The van der Waals surface area contributed by atoms with E-state index in [1.165, 1.54) is 0 Å². The van der Waals surface area contributed by atoms with Crippen LogP contribution in [0.15, 0.2) is 49.1 Å². The van der Waals surface area contributed by atoms with E-state index in [0.29, 0.717) is 29.5 Å². The lowest BCUT2D eigenvalue weighted by molar-refractivity contribution is 0.0746. The summed E-state index contributed by atoms with van der Waals surface area (Å²) in [6, 6.07) is 8.97. The van der Waals surface area contributed by atoms with Crippen molar-refractivity contribution in [2.45, 2.75) is 6.92 Å². The lowest BCUT2D eigenvalue weighted by atomic mass is 10.2. The molecule has 0 aliphatic carbocycles. The van der Waals surface area contributed by atoms with Crippen molar-refractivity contribution in [1.29, 1.82) is 0 Å². The number of benzene rings is 1. The van der Waals surface area contributed by atoms with Crippen LogP contribution < -0.4 is 4.90 Å². The number of aromatic nitrogens is 4. The molecule has 1 saturated heterocycles. The lowest BCUT2D eigenvalue weighted by Crippen LogP contribution is -2.49. The van der Waals surface area contributed by atoms with Gasteiger partial charge in [0.25, 0.3) is 5.91 Å². The molecule has 8 heteroatoms. The molecule has 4 rings (SSSR count). The van der Waals surface area contributed by atoms with E-state index in [9.17, 15) is 4.79 Å². The van der Waals surface area contributed by atoms with Crippen LogP contribution in [-0.2, 0) is 0 Å². The fourth-order valence-corrected chi connectivity index (χ4v) is 3.27. The van der Waals surface area contributed by atoms with Gasteiger partial charge in [-0.05, 0) is 31.2 Å². The maximum atomic E-state index is 12.6. The van der Waals surface area contributed by atoms with E-state index in [2.05, 4.69) is 19.9 Å². The fraction of sp³-hybridized carbons (Fsp3) is 0.263. The summed E-state index contributed by atoms with van der Waals surface area (Å²) in [6.45, 7) is 4.61. The van der Waals surface area contributed by atoms with Gasteiger partial charge in [-0.15, -0.1) is 0 Å². The van der Waals surface area contributed by atoms with Crippen LogP contribution in [0.2, 0.25) is 5.02 Å². The molecule has 1 aromatic carbocycles. The Labute approximate surface area is 162 Å². The van der Waals surface area contributed by atoms with Gasteiger partial charge in [0, 0.05) is 55.2 Å². The predicted octanol–water partition coefficient (Wildman–Crippen LogP) is 2.59. The zero-order valence-electron chi connectivity index (χ0n) is 14.9. The first-order valence-corrected chi connectivity index (χ1v) is 9.12. The molecule has 138 valence electrons. The number of piperazine rings is 1. The van der Waals surface area contributed by atoms with Crippen molar-refractivity contribution >= 4 is 23.3 Å². The van der Waals surface area contributed by atoms with Gasteiger partial charge in [0.15, 0.2) is 0 Å². The van der Waals surface area contributed by atoms with E-state index in [4.69, 9.17) is 11.6 Å². The van der Waals surface area contributed by atoms with Crippen LogP contribution in [-0.4, -0.2) is 56.5 Å². The first-order valence-electron chi connectivity index (χ1n) is 8.74. The van der Waals surface area contributed by atoms with Crippen LogP contribution in [0, 0.1) is 6.92 Å². The minimum Gasteiger partial charge on any atom is -0.353 e. The Morgan fingerprint density at radius 3 is 2.41 bits per heavy atom. The minimum absolute atomic E-state index is 0.0317. The molecule has 7 nitrogen and oxygen atoms in total. The van der Waals surface area contributed by atoms with Crippen molar-refractivity contribution in [2.75, 3.05) is 31.1 Å². The van der Waals surface area contributed by atoms with Crippen molar-refractivity contribution in [3.05, 3.63) is 65.5 Å². The molecule has 1 aliphatic heterocycles. The van der Waals surface area contributed by atoms with Gasteiger partial charge in [-0.1, -0.05) is 11.6 Å². The van der Waals surface area contributed by atoms with Crippen molar-refractivity contribution < 1.29 is 4.79 Å². The third kappa shape index (κ3) is 3.78. The number of anilines is 1. The van der Waals surface area contributed by atoms with Gasteiger partial charge in [-0.25, -0.2) is 15.0 Å². The van der Waals surface area contributed by atoms with Gasteiger partial charge in [0.1, 0.15) is 23.8 Å². The van der Waals surface area contributed by atoms with Gasteiger partial charge in [0.2, 0.25) is 0 Å². The highest BCUT2D eigenvalue weighted by Gasteiger charge is 2.23. The number of rotatable bonds is 3. The van der Waals surface area contributed by atoms with Crippen LogP contribution in [0.1, 0.15) is 16.2 Å². The molecular formula is C19H19ClN6O. The van der Waals surface area contributed by atoms with Crippen molar-refractivity contribution in [2.24, 2.45) is 0 Å². The van der Waals surface area contributed by atoms with Crippen LogP contribution in [0.4, 0.5) is 5.82 Å². The third-order valence-corrected chi connectivity index (χ3v) is 4.81. The molecule has 1 aliphatic rings. The van der Waals surface area contributed by atoms with Crippen LogP contribution in [0.5, 0.6) is 0 Å². The molecule has 0 saturated carbocycles. The van der Waals surface area contributed by atoms with Gasteiger partial charge < -0.3 is 9.80 Å². The van der Waals surface area contributed by atoms with Gasteiger partial charge in [0.05, 0.1) is 0 Å². The Morgan fingerprint density at radius 1 is 1.04 bits per heavy atom. The molecule has 0 radical (unpaired) electrons. The summed E-state index contributed by atoms with van der Waals surface area (Å²) in [5.74, 6) is 2.39. The number of aryl methyl sites for hydroxylation is 1. The number of hydrogen-bond donors (Lipinski definition) is 0. The largest absolute Gasteiger partial charge is 0.353 e.